The average molecular weight is 327 g/mol. The van der Waals surface area contributed by atoms with Crippen LogP contribution in [0.3, 0.4) is 0 Å². The van der Waals surface area contributed by atoms with Crippen LogP contribution >= 0.6 is 0 Å². The minimum atomic E-state index is -0.391. The van der Waals surface area contributed by atoms with Gasteiger partial charge in [-0.2, -0.15) is 5.26 Å². The molecule has 2 aromatic heterocycles. The number of nitriles is 1. The molecule has 25 heavy (non-hydrogen) atoms. The molecule has 0 aliphatic rings. The van der Waals surface area contributed by atoms with Gasteiger partial charge < -0.3 is 4.40 Å². The van der Waals surface area contributed by atoms with Crippen LogP contribution in [0.5, 0.6) is 0 Å². The van der Waals surface area contributed by atoms with Crippen molar-refractivity contribution in [2.45, 2.75) is 6.92 Å². The molecule has 0 spiro atoms. The third-order valence-electron chi connectivity index (χ3n) is 4.43. The monoisotopic (exact) mass is 327 g/mol. The van der Waals surface area contributed by atoms with E-state index in [1.807, 2.05) is 61.5 Å². The van der Waals surface area contributed by atoms with E-state index < -0.39 is 4.92 Å². The van der Waals surface area contributed by atoms with Gasteiger partial charge in [-0.15, -0.1) is 0 Å². The zero-order valence-corrected chi connectivity index (χ0v) is 13.4. The molecule has 2 heterocycles. The molecular weight excluding hydrogens is 314 g/mol. The van der Waals surface area contributed by atoms with Gasteiger partial charge in [0.15, 0.2) is 0 Å². The fraction of sp³-hybridized carbons (Fsp3) is 0.0500. The highest BCUT2D eigenvalue weighted by Crippen LogP contribution is 2.41. The molecule has 5 nitrogen and oxygen atoms in total. The number of hydrogen-bond donors (Lipinski definition) is 0. The number of aromatic nitrogens is 1. The maximum Gasteiger partial charge on any atom is 0.304 e. The molecule has 4 rings (SSSR count). The number of aryl methyl sites for hydroxylation is 1. The van der Waals surface area contributed by atoms with E-state index >= 15 is 0 Å². The number of benzene rings is 2. The first kappa shape index (κ1) is 14.9. The van der Waals surface area contributed by atoms with Gasteiger partial charge in [-0.3, -0.25) is 10.1 Å². The Bertz CT molecular complexity index is 1180. The Labute approximate surface area is 143 Å². The molecular formula is C20H13N3O2. The van der Waals surface area contributed by atoms with Crippen molar-refractivity contribution in [3.8, 4) is 17.2 Å². The summed E-state index contributed by atoms with van der Waals surface area (Å²) in [6.45, 7) is 1.95. The summed E-state index contributed by atoms with van der Waals surface area (Å²) in [6.07, 6.45) is 1.72. The van der Waals surface area contributed by atoms with Crippen LogP contribution in [-0.2, 0) is 0 Å². The van der Waals surface area contributed by atoms with Gasteiger partial charge in [-0.25, -0.2) is 0 Å². The lowest BCUT2D eigenvalue weighted by Crippen LogP contribution is -1.91. The molecule has 0 aliphatic carbocycles. The van der Waals surface area contributed by atoms with Crippen LogP contribution in [0.15, 0.2) is 60.8 Å². The lowest BCUT2D eigenvalue weighted by Gasteiger charge is -2.01. The molecule has 0 unspecified atom stereocenters. The molecule has 0 saturated carbocycles. The van der Waals surface area contributed by atoms with Gasteiger partial charge in [0.05, 0.1) is 10.5 Å². The van der Waals surface area contributed by atoms with Gasteiger partial charge in [0.1, 0.15) is 17.3 Å². The molecule has 120 valence electrons. The molecule has 0 saturated heterocycles. The van der Waals surface area contributed by atoms with Crippen LogP contribution in [0.1, 0.15) is 11.3 Å². The Balaban J connectivity index is 2.24. The van der Waals surface area contributed by atoms with Crippen LogP contribution in [0.4, 0.5) is 5.69 Å². The molecule has 0 amide bonds. The van der Waals surface area contributed by atoms with Crippen molar-refractivity contribution < 1.29 is 4.92 Å². The molecule has 0 aliphatic heterocycles. The maximum absolute atomic E-state index is 11.9. The molecule has 0 bridgehead atoms. The summed E-state index contributed by atoms with van der Waals surface area (Å²) in [7, 11) is 0. The fourth-order valence-corrected chi connectivity index (χ4v) is 3.28. The number of fused-ring (bicyclic) bond motifs is 3. The molecule has 4 aromatic rings. The van der Waals surface area contributed by atoms with Crippen LogP contribution in [-0.4, -0.2) is 9.32 Å². The van der Waals surface area contributed by atoms with Gasteiger partial charge >= 0.3 is 5.69 Å². The maximum atomic E-state index is 11.9. The summed E-state index contributed by atoms with van der Waals surface area (Å²) in [5.41, 5.74) is 2.79. The third-order valence-corrected chi connectivity index (χ3v) is 4.43. The molecule has 0 fully saturated rings. The SMILES string of the molecule is Cc1ccc(-c2c([N+](=O)[O-])c3c4ccccc4ccn3c2C#N)cc1. The number of hydrogen-bond acceptors (Lipinski definition) is 3. The summed E-state index contributed by atoms with van der Waals surface area (Å²) in [6, 6.07) is 18.9. The van der Waals surface area contributed by atoms with Gasteiger partial charge in [0.25, 0.3) is 0 Å². The Morgan fingerprint density at radius 3 is 2.48 bits per heavy atom. The van der Waals surface area contributed by atoms with Crippen molar-refractivity contribution >= 4 is 22.0 Å². The number of pyridine rings is 1. The fourth-order valence-electron chi connectivity index (χ4n) is 3.28. The number of nitro groups is 1. The van der Waals surface area contributed by atoms with E-state index in [4.69, 9.17) is 0 Å². The summed E-state index contributed by atoms with van der Waals surface area (Å²) < 4.78 is 1.62. The lowest BCUT2D eigenvalue weighted by atomic mass is 10.0. The highest BCUT2D eigenvalue weighted by molar-refractivity contribution is 6.05. The normalized spacial score (nSPS) is 10.9. The smallest absolute Gasteiger partial charge is 0.301 e. The predicted octanol–water partition coefficient (Wildman–Crippen LogP) is 4.85. The lowest BCUT2D eigenvalue weighted by molar-refractivity contribution is -0.382. The van der Waals surface area contributed by atoms with Crippen LogP contribution in [0.2, 0.25) is 0 Å². The Hall–Kier alpha value is -3.65. The summed E-state index contributed by atoms with van der Waals surface area (Å²) >= 11 is 0. The Morgan fingerprint density at radius 1 is 1.08 bits per heavy atom. The first-order chi connectivity index (χ1) is 12.1. The second-order valence-electron chi connectivity index (χ2n) is 5.93. The molecule has 0 N–H and O–H groups in total. The first-order valence-electron chi connectivity index (χ1n) is 7.79. The van der Waals surface area contributed by atoms with Crippen molar-refractivity contribution in [2.24, 2.45) is 0 Å². The Kier molecular flexibility index (Phi) is 3.26. The van der Waals surface area contributed by atoms with E-state index in [0.29, 0.717) is 16.6 Å². The van der Waals surface area contributed by atoms with Crippen molar-refractivity contribution in [2.75, 3.05) is 0 Å². The first-order valence-corrected chi connectivity index (χ1v) is 7.79. The molecule has 0 radical (unpaired) electrons. The molecule has 0 atom stereocenters. The minimum Gasteiger partial charge on any atom is -0.301 e. The zero-order chi connectivity index (χ0) is 17.6. The zero-order valence-electron chi connectivity index (χ0n) is 13.4. The van der Waals surface area contributed by atoms with E-state index in [0.717, 1.165) is 16.3 Å². The van der Waals surface area contributed by atoms with Crippen LogP contribution in [0, 0.1) is 28.4 Å². The van der Waals surface area contributed by atoms with E-state index in [2.05, 4.69) is 6.07 Å². The van der Waals surface area contributed by atoms with E-state index in [1.54, 1.807) is 10.6 Å². The third kappa shape index (κ3) is 2.16. The summed E-state index contributed by atoms with van der Waals surface area (Å²) in [4.78, 5) is 11.5. The standard InChI is InChI=1S/C20H13N3O2/c1-13-6-8-15(9-7-13)18-17(12-21)22-11-10-14-4-2-3-5-16(14)19(22)20(18)23(24)25/h2-11H,1H3. The van der Waals surface area contributed by atoms with E-state index in [-0.39, 0.29) is 11.4 Å². The van der Waals surface area contributed by atoms with Crippen molar-refractivity contribution in [3.63, 3.8) is 0 Å². The van der Waals surface area contributed by atoms with Gasteiger partial charge in [0.2, 0.25) is 0 Å². The summed E-state index contributed by atoms with van der Waals surface area (Å²) in [5.74, 6) is 0. The second-order valence-corrected chi connectivity index (χ2v) is 5.93. The largest absolute Gasteiger partial charge is 0.304 e. The van der Waals surface area contributed by atoms with Gasteiger partial charge in [0, 0.05) is 11.6 Å². The number of rotatable bonds is 2. The highest BCUT2D eigenvalue weighted by Gasteiger charge is 2.29. The molecule has 5 heteroatoms. The minimum absolute atomic E-state index is 0.0304. The summed E-state index contributed by atoms with van der Waals surface area (Å²) in [5, 5.41) is 23.3. The Morgan fingerprint density at radius 2 is 1.80 bits per heavy atom. The second kappa shape index (κ2) is 5.46. The van der Waals surface area contributed by atoms with Crippen LogP contribution in [0.25, 0.3) is 27.4 Å². The van der Waals surface area contributed by atoms with E-state index in [1.165, 1.54) is 0 Å². The topological polar surface area (TPSA) is 71.3 Å². The molecule has 2 aromatic carbocycles. The van der Waals surface area contributed by atoms with E-state index in [9.17, 15) is 15.4 Å². The van der Waals surface area contributed by atoms with Gasteiger partial charge in [-0.05, 0) is 23.9 Å². The quantitative estimate of drug-likeness (QED) is 0.390. The predicted molar refractivity (Wildman–Crippen MR) is 96.4 cm³/mol. The van der Waals surface area contributed by atoms with Crippen molar-refractivity contribution in [3.05, 3.63) is 82.2 Å². The van der Waals surface area contributed by atoms with Crippen molar-refractivity contribution in [1.29, 1.82) is 5.26 Å². The average Bonchev–Trinajstić information content (AvgIpc) is 2.97. The number of nitrogens with zero attached hydrogens (tertiary/aromatic N) is 3. The van der Waals surface area contributed by atoms with Crippen molar-refractivity contribution in [1.82, 2.24) is 4.40 Å². The van der Waals surface area contributed by atoms with Crippen LogP contribution < -0.4 is 0 Å². The van der Waals surface area contributed by atoms with Gasteiger partial charge in [-0.1, -0.05) is 54.1 Å². The highest BCUT2D eigenvalue weighted by atomic mass is 16.6.